The molecule has 1 aromatic carbocycles. The van der Waals surface area contributed by atoms with Crippen LogP contribution in [0.5, 0.6) is 0 Å². The average Bonchev–Trinajstić information content (AvgIpc) is 3.49. The van der Waals surface area contributed by atoms with Crippen molar-refractivity contribution in [2.24, 2.45) is 5.92 Å². The Labute approximate surface area is 171 Å². The summed E-state index contributed by atoms with van der Waals surface area (Å²) in [5.41, 5.74) is 1.29. The number of aromatic nitrogens is 1. The van der Waals surface area contributed by atoms with E-state index in [1.54, 1.807) is 12.1 Å². The molecule has 1 fully saturated rings. The smallest absolute Gasteiger partial charge is 0.406 e. The van der Waals surface area contributed by atoms with E-state index in [1.807, 2.05) is 0 Å². The van der Waals surface area contributed by atoms with Gasteiger partial charge in [-0.15, -0.1) is 0 Å². The third kappa shape index (κ3) is 5.28. The maximum atomic E-state index is 12.7. The molecule has 0 bridgehead atoms. The number of carbonyl (C=O) groups excluding carboxylic acids is 3. The highest BCUT2D eigenvalue weighted by molar-refractivity contribution is 6.00. The van der Waals surface area contributed by atoms with Gasteiger partial charge in [-0.05, 0) is 57.0 Å². The fourth-order valence-electron chi connectivity index (χ4n) is 3.08. The number of ether oxygens (including phenoxy) is 1. The lowest BCUT2D eigenvalue weighted by molar-refractivity contribution is -0.141. The minimum Gasteiger partial charge on any atom is -0.454 e. The van der Waals surface area contributed by atoms with Gasteiger partial charge in [-0.2, -0.15) is 13.2 Å². The number of nitrogens with zero attached hydrogens (tertiary/aromatic N) is 1. The summed E-state index contributed by atoms with van der Waals surface area (Å²) >= 11 is 0. The number of anilines is 1. The van der Waals surface area contributed by atoms with Gasteiger partial charge in [0, 0.05) is 28.6 Å². The number of hydrogen-bond acceptors (Lipinski definition) is 4. The van der Waals surface area contributed by atoms with Gasteiger partial charge in [-0.1, -0.05) is 0 Å². The fourth-order valence-corrected chi connectivity index (χ4v) is 3.08. The summed E-state index contributed by atoms with van der Waals surface area (Å²) in [4.78, 5) is 36.3. The normalized spacial score (nSPS) is 13.8. The zero-order chi connectivity index (χ0) is 22.1. The maximum Gasteiger partial charge on any atom is 0.406 e. The molecular weight excluding hydrogens is 401 g/mol. The number of aryl methyl sites for hydroxylation is 1. The van der Waals surface area contributed by atoms with Crippen molar-refractivity contribution in [1.82, 2.24) is 4.57 Å². The molecule has 0 spiro atoms. The van der Waals surface area contributed by atoms with Crippen molar-refractivity contribution in [1.29, 1.82) is 0 Å². The van der Waals surface area contributed by atoms with E-state index in [4.69, 9.17) is 4.74 Å². The third-order valence-electron chi connectivity index (χ3n) is 4.88. The van der Waals surface area contributed by atoms with Crippen LogP contribution in [0.2, 0.25) is 0 Å². The molecule has 1 saturated carbocycles. The Morgan fingerprint density at radius 3 is 2.33 bits per heavy atom. The first-order valence-electron chi connectivity index (χ1n) is 9.40. The number of nitrogens with one attached hydrogen (secondary N) is 1. The summed E-state index contributed by atoms with van der Waals surface area (Å²) in [5.74, 6) is -1.33. The molecule has 160 valence electrons. The van der Waals surface area contributed by atoms with Crippen molar-refractivity contribution in [2.75, 3.05) is 11.9 Å². The van der Waals surface area contributed by atoms with E-state index in [9.17, 15) is 27.6 Å². The SMILES string of the molecule is Cc1cc(C(=O)COC(=O)c2ccc(NC(=O)C3CC3)cc2)c(C)n1CC(F)(F)F. The molecule has 0 saturated heterocycles. The van der Waals surface area contributed by atoms with E-state index >= 15 is 0 Å². The number of carbonyl (C=O) groups is 3. The average molecular weight is 422 g/mol. The quantitative estimate of drug-likeness (QED) is 0.539. The number of esters is 1. The topological polar surface area (TPSA) is 77.4 Å². The molecule has 1 aliphatic rings. The van der Waals surface area contributed by atoms with Crippen LogP contribution in [0.15, 0.2) is 30.3 Å². The van der Waals surface area contributed by atoms with Crippen molar-refractivity contribution in [3.63, 3.8) is 0 Å². The Morgan fingerprint density at radius 2 is 1.77 bits per heavy atom. The van der Waals surface area contributed by atoms with Crippen LogP contribution in [0.1, 0.15) is 44.9 Å². The fraction of sp³-hybridized carbons (Fsp3) is 0.381. The van der Waals surface area contributed by atoms with Crippen LogP contribution >= 0.6 is 0 Å². The van der Waals surface area contributed by atoms with Crippen molar-refractivity contribution in [2.45, 2.75) is 39.4 Å². The highest BCUT2D eigenvalue weighted by Crippen LogP contribution is 2.30. The lowest BCUT2D eigenvalue weighted by Gasteiger charge is -2.12. The van der Waals surface area contributed by atoms with Crippen LogP contribution < -0.4 is 5.32 Å². The second-order valence-corrected chi connectivity index (χ2v) is 7.33. The Kier molecular flexibility index (Phi) is 6.00. The Morgan fingerprint density at radius 1 is 1.13 bits per heavy atom. The van der Waals surface area contributed by atoms with Gasteiger partial charge in [0.2, 0.25) is 11.7 Å². The van der Waals surface area contributed by atoms with E-state index in [0.717, 1.165) is 17.4 Å². The van der Waals surface area contributed by atoms with Crippen LogP contribution in [0, 0.1) is 19.8 Å². The number of benzene rings is 1. The Hall–Kier alpha value is -3.10. The van der Waals surface area contributed by atoms with Gasteiger partial charge in [0.05, 0.1) is 5.56 Å². The first kappa shape index (κ1) is 21.6. The molecule has 30 heavy (non-hydrogen) atoms. The number of rotatable bonds is 7. The lowest BCUT2D eigenvalue weighted by Crippen LogP contribution is -2.20. The van der Waals surface area contributed by atoms with Gasteiger partial charge in [-0.3, -0.25) is 9.59 Å². The molecule has 9 heteroatoms. The molecule has 0 atom stereocenters. The van der Waals surface area contributed by atoms with E-state index in [-0.39, 0.29) is 28.6 Å². The predicted octanol–water partition coefficient (Wildman–Crippen LogP) is 4.06. The predicted molar refractivity (Wildman–Crippen MR) is 102 cm³/mol. The molecule has 1 heterocycles. The van der Waals surface area contributed by atoms with Crippen LogP contribution in [0.25, 0.3) is 0 Å². The van der Waals surface area contributed by atoms with Crippen molar-refractivity contribution >= 4 is 23.3 Å². The summed E-state index contributed by atoms with van der Waals surface area (Å²) in [7, 11) is 0. The summed E-state index contributed by atoms with van der Waals surface area (Å²) in [5, 5.41) is 2.74. The second kappa shape index (κ2) is 8.33. The number of Topliss-reactive ketones (excluding diaryl/α,β-unsaturated/α-hetero) is 1. The summed E-state index contributed by atoms with van der Waals surface area (Å²) < 4.78 is 44.1. The molecule has 2 aromatic rings. The number of alkyl halides is 3. The van der Waals surface area contributed by atoms with Crippen molar-refractivity contribution in [3.8, 4) is 0 Å². The van der Waals surface area contributed by atoms with Gasteiger partial charge >= 0.3 is 12.1 Å². The summed E-state index contributed by atoms with van der Waals surface area (Å²) in [6.07, 6.45) is -2.66. The van der Waals surface area contributed by atoms with Gasteiger partial charge in [0.25, 0.3) is 0 Å². The van der Waals surface area contributed by atoms with Gasteiger partial charge < -0.3 is 14.6 Å². The summed E-state index contributed by atoms with van der Waals surface area (Å²) in [6, 6.07) is 7.40. The molecule has 0 aliphatic heterocycles. The minimum absolute atomic E-state index is 0.0544. The molecule has 6 nitrogen and oxygen atoms in total. The molecule has 1 aromatic heterocycles. The van der Waals surface area contributed by atoms with E-state index in [1.165, 1.54) is 32.0 Å². The molecule has 1 amide bonds. The zero-order valence-electron chi connectivity index (χ0n) is 16.5. The molecule has 1 N–H and O–H groups in total. The first-order valence-corrected chi connectivity index (χ1v) is 9.40. The van der Waals surface area contributed by atoms with Crippen LogP contribution in [0.3, 0.4) is 0 Å². The Bertz CT molecular complexity index is 973. The van der Waals surface area contributed by atoms with E-state index in [0.29, 0.717) is 11.4 Å². The van der Waals surface area contributed by atoms with Crippen molar-refractivity contribution in [3.05, 3.63) is 52.8 Å². The number of halogens is 3. The molecule has 3 rings (SSSR count). The second-order valence-electron chi connectivity index (χ2n) is 7.33. The zero-order valence-corrected chi connectivity index (χ0v) is 16.5. The van der Waals surface area contributed by atoms with Crippen LogP contribution in [-0.4, -0.2) is 35.0 Å². The van der Waals surface area contributed by atoms with E-state index in [2.05, 4.69) is 5.32 Å². The van der Waals surface area contributed by atoms with Crippen LogP contribution in [0.4, 0.5) is 18.9 Å². The van der Waals surface area contributed by atoms with E-state index < -0.39 is 31.1 Å². The number of hydrogen-bond donors (Lipinski definition) is 1. The van der Waals surface area contributed by atoms with Gasteiger partial charge in [0.15, 0.2) is 6.61 Å². The Balaban J connectivity index is 1.58. The monoisotopic (exact) mass is 422 g/mol. The third-order valence-corrected chi connectivity index (χ3v) is 4.88. The maximum absolute atomic E-state index is 12.7. The minimum atomic E-state index is -4.41. The molecular formula is C21H21F3N2O4. The largest absolute Gasteiger partial charge is 0.454 e. The number of ketones is 1. The highest BCUT2D eigenvalue weighted by atomic mass is 19.4. The molecule has 1 aliphatic carbocycles. The van der Waals surface area contributed by atoms with Gasteiger partial charge in [-0.25, -0.2) is 4.79 Å². The molecule has 0 radical (unpaired) electrons. The standard InChI is InChI=1S/C21H21F3N2O4/c1-12-9-17(13(2)26(12)11-21(22,23)24)18(27)10-30-20(29)15-5-7-16(8-6-15)25-19(28)14-3-4-14/h5-9,14H,3-4,10-11H2,1-2H3,(H,25,28). The van der Waals surface area contributed by atoms with Gasteiger partial charge in [0.1, 0.15) is 6.54 Å². The summed E-state index contributed by atoms with van der Waals surface area (Å²) in [6.45, 7) is 1.12. The molecule has 0 unspecified atom stereocenters. The van der Waals surface area contributed by atoms with Crippen molar-refractivity contribution < 1.29 is 32.3 Å². The first-order chi connectivity index (χ1) is 14.0. The lowest BCUT2D eigenvalue weighted by atomic mass is 10.1. The number of amides is 1. The highest BCUT2D eigenvalue weighted by Gasteiger charge is 2.31. The van der Waals surface area contributed by atoms with Crippen LogP contribution in [-0.2, 0) is 16.1 Å².